The Morgan fingerprint density at radius 2 is 1.77 bits per heavy atom. The smallest absolute Gasteiger partial charge is 0.341 e. The van der Waals surface area contributed by atoms with Crippen LogP contribution in [0.4, 0.5) is 15.8 Å². The summed E-state index contributed by atoms with van der Waals surface area (Å²) >= 11 is 12.3. The Balaban J connectivity index is 1.20. The lowest BCUT2D eigenvalue weighted by molar-refractivity contribution is 0.0693. The zero-order chi connectivity index (χ0) is 33.7. The Morgan fingerprint density at radius 3 is 2.36 bits per heavy atom. The summed E-state index contributed by atoms with van der Waals surface area (Å²) in [4.78, 5) is 57.4. The largest absolute Gasteiger partial charge is 0.489 e. The van der Waals surface area contributed by atoms with Crippen LogP contribution in [0, 0.1) is 12.7 Å². The summed E-state index contributed by atoms with van der Waals surface area (Å²) in [7, 11) is 0. The van der Waals surface area contributed by atoms with Crippen molar-refractivity contribution in [1.29, 1.82) is 0 Å². The average Bonchev–Trinajstić information content (AvgIpc) is 3.85. The molecule has 2 aromatic heterocycles. The topological polar surface area (TPSA) is 137 Å². The number of aromatic carboxylic acids is 1. The molecule has 11 nitrogen and oxygen atoms in total. The highest BCUT2D eigenvalue weighted by molar-refractivity contribution is 6.44. The number of aromatic amines is 1. The summed E-state index contributed by atoms with van der Waals surface area (Å²) in [6.45, 7) is 6.61. The molecule has 1 aliphatic heterocycles. The molecule has 0 unspecified atom stereocenters. The predicted molar refractivity (Wildman–Crippen MR) is 177 cm³/mol. The molecule has 3 N–H and O–H groups in total. The number of hydrogen-bond donors (Lipinski definition) is 3. The number of pyridine rings is 1. The molecule has 14 heteroatoms. The first-order chi connectivity index (χ1) is 22.3. The molecule has 0 radical (unpaired) electrons. The lowest BCUT2D eigenvalue weighted by Crippen LogP contribution is -2.49. The monoisotopic (exact) mass is 683 g/mol. The van der Waals surface area contributed by atoms with Gasteiger partial charge < -0.3 is 34.5 Å². The van der Waals surface area contributed by atoms with Gasteiger partial charge in [0.15, 0.2) is 0 Å². The molecule has 3 heterocycles. The molecule has 4 aromatic rings. The number of aromatic nitrogens is 2. The van der Waals surface area contributed by atoms with Crippen LogP contribution in [0.15, 0.2) is 41.3 Å². The number of anilines is 2. The van der Waals surface area contributed by atoms with Crippen molar-refractivity contribution >= 4 is 63.3 Å². The van der Waals surface area contributed by atoms with Crippen molar-refractivity contribution in [3.8, 4) is 5.75 Å². The van der Waals surface area contributed by atoms with Crippen molar-refractivity contribution in [2.45, 2.75) is 45.8 Å². The fraction of sp³-hybridized carbons (Fsp3) is 0.333. The average molecular weight is 685 g/mol. The van der Waals surface area contributed by atoms with E-state index in [2.05, 4.69) is 10.3 Å². The van der Waals surface area contributed by atoms with Crippen LogP contribution in [0.25, 0.3) is 10.9 Å². The molecule has 1 saturated carbocycles. The van der Waals surface area contributed by atoms with Crippen LogP contribution in [0.1, 0.15) is 69.6 Å². The minimum absolute atomic E-state index is 0.0285. The van der Waals surface area contributed by atoms with Crippen molar-refractivity contribution in [2.75, 3.05) is 36.4 Å². The second-order valence-corrected chi connectivity index (χ2v) is 12.8. The van der Waals surface area contributed by atoms with Crippen molar-refractivity contribution in [2.24, 2.45) is 0 Å². The summed E-state index contributed by atoms with van der Waals surface area (Å²) in [5.74, 6) is -2.46. The maximum absolute atomic E-state index is 15.4. The fourth-order valence-corrected chi connectivity index (χ4v) is 6.18. The molecule has 1 saturated heterocycles. The number of hydrogen-bond acceptors (Lipinski definition) is 6. The first kappa shape index (κ1) is 32.4. The number of carbonyl (C=O) groups excluding carboxylic acids is 2. The van der Waals surface area contributed by atoms with E-state index in [-0.39, 0.29) is 50.4 Å². The predicted octanol–water partition coefficient (Wildman–Crippen LogP) is 6.12. The SMILES string of the molecule is Cc1[nH]c(C(=O)Nc2ccc(C(=O)N3CCN(c4cc5c(cc4F)c(=O)c(C(=O)O)cn5C4CC4)CC3)cc2OC(C)C)c(Cl)c1Cl. The molecule has 1 aliphatic carbocycles. The Bertz CT molecular complexity index is 2000. The third-order valence-electron chi connectivity index (χ3n) is 8.30. The standard InChI is InChI=1S/C33H32Cl2FN5O6/c1-16(2)47-26-12-18(4-7-23(26)38-31(43)29-28(35)27(34)17(3)37-29)32(44)40-10-8-39(9-11-40)25-14-24-20(13-22(25)36)30(42)21(33(45)46)15-41(24)19-5-6-19/h4,7,12-16,19,37H,5-6,8-11H2,1-3H3,(H,38,43)(H,45,46). The number of H-pyrrole nitrogens is 1. The van der Waals surface area contributed by atoms with Crippen LogP contribution < -0.4 is 20.4 Å². The highest BCUT2D eigenvalue weighted by Crippen LogP contribution is 2.38. The van der Waals surface area contributed by atoms with E-state index in [1.807, 2.05) is 18.7 Å². The molecule has 2 aliphatic rings. The summed E-state index contributed by atoms with van der Waals surface area (Å²) in [6, 6.07) is 7.53. The highest BCUT2D eigenvalue weighted by Gasteiger charge is 2.30. The molecule has 0 atom stereocenters. The van der Waals surface area contributed by atoms with Crippen molar-refractivity contribution in [3.05, 3.63) is 85.1 Å². The van der Waals surface area contributed by atoms with Crippen LogP contribution in [-0.2, 0) is 0 Å². The third kappa shape index (κ3) is 6.27. The summed E-state index contributed by atoms with van der Waals surface area (Å²) in [5, 5.41) is 12.7. The number of carboxylic acid groups (broad SMARTS) is 1. The molecule has 246 valence electrons. The first-order valence-electron chi connectivity index (χ1n) is 15.2. The molecule has 6 rings (SSSR count). The Kier molecular flexibility index (Phi) is 8.66. The summed E-state index contributed by atoms with van der Waals surface area (Å²) in [6.07, 6.45) is 2.78. The summed E-state index contributed by atoms with van der Waals surface area (Å²) in [5.41, 5.74) is 1.02. The second kappa shape index (κ2) is 12.6. The van der Waals surface area contributed by atoms with Gasteiger partial charge in [0.25, 0.3) is 11.8 Å². The molecule has 2 aromatic carbocycles. The van der Waals surface area contributed by atoms with Crippen LogP contribution >= 0.6 is 23.2 Å². The number of rotatable bonds is 8. The van der Waals surface area contributed by atoms with Crippen LogP contribution in [0.5, 0.6) is 5.75 Å². The van der Waals surface area contributed by atoms with E-state index in [1.54, 1.807) is 40.7 Å². The van der Waals surface area contributed by atoms with Gasteiger partial charge in [-0.1, -0.05) is 23.2 Å². The second-order valence-electron chi connectivity index (χ2n) is 12.0. The molecule has 0 spiro atoms. The van der Waals surface area contributed by atoms with Gasteiger partial charge in [0.05, 0.1) is 33.0 Å². The number of piperazine rings is 1. The van der Waals surface area contributed by atoms with E-state index in [1.165, 1.54) is 6.20 Å². The quantitative estimate of drug-likeness (QED) is 0.204. The van der Waals surface area contributed by atoms with E-state index in [9.17, 15) is 24.3 Å². The van der Waals surface area contributed by atoms with Crippen molar-refractivity contribution in [3.63, 3.8) is 0 Å². The van der Waals surface area contributed by atoms with Gasteiger partial charge in [-0.25, -0.2) is 9.18 Å². The van der Waals surface area contributed by atoms with Crippen LogP contribution in [0.3, 0.4) is 0 Å². The first-order valence-corrected chi connectivity index (χ1v) is 15.9. The number of fused-ring (bicyclic) bond motifs is 1. The minimum atomic E-state index is -1.35. The number of carboxylic acids is 1. The Labute approximate surface area is 278 Å². The van der Waals surface area contributed by atoms with Gasteiger partial charge >= 0.3 is 5.97 Å². The lowest BCUT2D eigenvalue weighted by Gasteiger charge is -2.36. The molecule has 2 fully saturated rings. The van der Waals surface area contributed by atoms with Gasteiger partial charge in [0, 0.05) is 55.1 Å². The van der Waals surface area contributed by atoms with E-state index in [0.29, 0.717) is 54.4 Å². The summed E-state index contributed by atoms with van der Waals surface area (Å²) < 4.78 is 23.1. The highest BCUT2D eigenvalue weighted by atomic mass is 35.5. The van der Waals surface area contributed by atoms with Gasteiger partial charge in [-0.2, -0.15) is 0 Å². The van der Waals surface area contributed by atoms with E-state index < -0.39 is 23.1 Å². The van der Waals surface area contributed by atoms with Crippen LogP contribution in [-0.4, -0.2) is 69.6 Å². The van der Waals surface area contributed by atoms with Crippen molar-refractivity contribution in [1.82, 2.24) is 14.5 Å². The van der Waals surface area contributed by atoms with Gasteiger partial charge in [0.2, 0.25) is 5.43 Å². The Hall–Kier alpha value is -4.55. The maximum Gasteiger partial charge on any atom is 0.341 e. The maximum atomic E-state index is 15.4. The number of halogens is 3. The Morgan fingerprint density at radius 1 is 1.06 bits per heavy atom. The number of ether oxygens (including phenoxy) is 1. The minimum Gasteiger partial charge on any atom is -0.489 e. The molecular weight excluding hydrogens is 652 g/mol. The molecule has 0 bridgehead atoms. The number of benzene rings is 2. The van der Waals surface area contributed by atoms with Gasteiger partial charge in [-0.3, -0.25) is 14.4 Å². The van der Waals surface area contributed by atoms with Gasteiger partial charge in [-0.15, -0.1) is 0 Å². The molecular formula is C33H32Cl2FN5O6. The van der Waals surface area contributed by atoms with E-state index in [0.717, 1.165) is 18.9 Å². The zero-order valence-electron chi connectivity index (χ0n) is 25.8. The fourth-order valence-electron chi connectivity index (χ4n) is 5.76. The number of amides is 2. The zero-order valence-corrected chi connectivity index (χ0v) is 27.3. The molecule has 47 heavy (non-hydrogen) atoms. The molecule has 2 amide bonds. The van der Waals surface area contributed by atoms with E-state index in [4.69, 9.17) is 27.9 Å². The number of nitrogens with zero attached hydrogens (tertiary/aromatic N) is 3. The number of aryl methyl sites for hydroxylation is 1. The van der Waals surface area contributed by atoms with Gasteiger partial charge in [0.1, 0.15) is 22.8 Å². The number of nitrogens with one attached hydrogen (secondary N) is 2. The van der Waals surface area contributed by atoms with Crippen LogP contribution in [0.2, 0.25) is 10.0 Å². The van der Waals surface area contributed by atoms with E-state index >= 15 is 4.39 Å². The van der Waals surface area contributed by atoms with Gasteiger partial charge in [-0.05, 0) is 63.9 Å². The van der Waals surface area contributed by atoms with Crippen molar-refractivity contribution < 1.29 is 28.6 Å². The third-order valence-corrected chi connectivity index (χ3v) is 9.25. The lowest BCUT2D eigenvalue weighted by atomic mass is 10.1. The normalized spacial score (nSPS) is 15.0. The number of carbonyl (C=O) groups is 3.